The van der Waals surface area contributed by atoms with Crippen molar-refractivity contribution in [2.45, 2.75) is 6.92 Å². The second-order valence-corrected chi connectivity index (χ2v) is 6.60. The summed E-state index contributed by atoms with van der Waals surface area (Å²) >= 11 is 1.13. The molecule has 0 unspecified atom stereocenters. The van der Waals surface area contributed by atoms with Crippen molar-refractivity contribution >= 4 is 38.7 Å². The molecule has 2 aromatic carbocycles. The Kier molecular flexibility index (Phi) is 5.87. The van der Waals surface area contributed by atoms with Crippen LogP contribution in [0.25, 0.3) is 16.3 Å². The van der Waals surface area contributed by atoms with Gasteiger partial charge in [-0.2, -0.15) is 5.26 Å². The number of nitriles is 1. The van der Waals surface area contributed by atoms with E-state index in [4.69, 9.17) is 9.47 Å². The van der Waals surface area contributed by atoms with Crippen LogP contribution in [0, 0.1) is 17.1 Å². The number of carbonyl (C=O) groups is 1. The van der Waals surface area contributed by atoms with Crippen LogP contribution in [0.15, 0.2) is 42.0 Å². The maximum Gasteiger partial charge on any atom is 0.268 e. The standard InChI is InChI=1S/C20H16FN3O3S/c1-3-27-15-8-7-12(10-16(15)26-2)9-13(11-22)19(25)24-20-23-18-14(21)5-4-6-17(18)28-20/h4-10H,3H2,1-2H3,(H,23,24,25)/b13-9+. The van der Waals surface area contributed by atoms with Gasteiger partial charge < -0.3 is 9.47 Å². The van der Waals surface area contributed by atoms with Crippen molar-refractivity contribution in [3.05, 3.63) is 53.4 Å². The third kappa shape index (κ3) is 4.10. The molecule has 1 N–H and O–H groups in total. The molecule has 3 rings (SSSR count). The van der Waals surface area contributed by atoms with Crippen LogP contribution in [0.1, 0.15) is 12.5 Å². The Bertz CT molecular complexity index is 1100. The van der Waals surface area contributed by atoms with E-state index in [0.29, 0.717) is 28.4 Å². The highest BCUT2D eigenvalue weighted by molar-refractivity contribution is 7.22. The van der Waals surface area contributed by atoms with E-state index in [0.717, 1.165) is 11.3 Å². The van der Waals surface area contributed by atoms with Gasteiger partial charge in [0.2, 0.25) is 0 Å². The SMILES string of the molecule is CCOc1ccc(/C=C(\C#N)C(=O)Nc2nc3c(F)cccc3s2)cc1OC. The highest BCUT2D eigenvalue weighted by Crippen LogP contribution is 2.30. The van der Waals surface area contributed by atoms with Gasteiger partial charge in [-0.05, 0) is 42.8 Å². The Morgan fingerprint density at radius 3 is 2.86 bits per heavy atom. The Morgan fingerprint density at radius 2 is 2.18 bits per heavy atom. The molecule has 0 aliphatic rings. The van der Waals surface area contributed by atoms with Crippen LogP contribution in [-0.4, -0.2) is 24.6 Å². The maximum absolute atomic E-state index is 13.8. The maximum atomic E-state index is 13.8. The third-order valence-electron chi connectivity index (χ3n) is 3.75. The summed E-state index contributed by atoms with van der Waals surface area (Å²) in [5, 5.41) is 12.1. The normalized spacial score (nSPS) is 11.1. The zero-order valence-corrected chi connectivity index (χ0v) is 16.0. The molecule has 0 radical (unpaired) electrons. The topological polar surface area (TPSA) is 84.2 Å². The van der Waals surface area contributed by atoms with Crippen molar-refractivity contribution in [1.29, 1.82) is 5.26 Å². The van der Waals surface area contributed by atoms with Crippen molar-refractivity contribution in [3.8, 4) is 17.6 Å². The van der Waals surface area contributed by atoms with E-state index in [9.17, 15) is 14.4 Å². The molecule has 0 aliphatic heterocycles. The molecule has 0 saturated carbocycles. The van der Waals surface area contributed by atoms with Gasteiger partial charge in [0.1, 0.15) is 23.0 Å². The van der Waals surface area contributed by atoms with Crippen molar-refractivity contribution in [1.82, 2.24) is 4.98 Å². The lowest BCUT2D eigenvalue weighted by molar-refractivity contribution is -0.112. The smallest absolute Gasteiger partial charge is 0.268 e. The number of hydrogen-bond donors (Lipinski definition) is 1. The molecule has 0 aliphatic carbocycles. The first kappa shape index (κ1) is 19.3. The van der Waals surface area contributed by atoms with Crippen LogP contribution < -0.4 is 14.8 Å². The van der Waals surface area contributed by atoms with Crippen molar-refractivity contribution in [3.63, 3.8) is 0 Å². The fourth-order valence-corrected chi connectivity index (χ4v) is 3.37. The lowest BCUT2D eigenvalue weighted by Gasteiger charge is -2.09. The molecule has 1 amide bonds. The fraction of sp³-hybridized carbons (Fsp3) is 0.150. The first-order valence-corrected chi connectivity index (χ1v) is 9.16. The monoisotopic (exact) mass is 397 g/mol. The molecule has 0 bridgehead atoms. The van der Waals surface area contributed by atoms with Crippen molar-refractivity contribution in [2.24, 2.45) is 0 Å². The lowest BCUT2D eigenvalue weighted by atomic mass is 10.1. The Balaban J connectivity index is 1.84. The number of rotatable bonds is 6. The van der Waals surface area contributed by atoms with E-state index in [1.807, 2.05) is 13.0 Å². The summed E-state index contributed by atoms with van der Waals surface area (Å²) in [7, 11) is 1.51. The number of anilines is 1. The molecular weight excluding hydrogens is 381 g/mol. The molecule has 1 aromatic heterocycles. The number of hydrogen-bond acceptors (Lipinski definition) is 6. The molecule has 0 spiro atoms. The number of nitrogens with one attached hydrogen (secondary N) is 1. The van der Waals surface area contributed by atoms with Gasteiger partial charge in [0.15, 0.2) is 16.6 Å². The quantitative estimate of drug-likeness (QED) is 0.493. The predicted octanol–water partition coefficient (Wildman–Crippen LogP) is 4.39. The number of benzene rings is 2. The van der Waals surface area contributed by atoms with Crippen LogP contribution in [-0.2, 0) is 4.79 Å². The summed E-state index contributed by atoms with van der Waals surface area (Å²) < 4.78 is 25.1. The van der Waals surface area contributed by atoms with Crippen LogP contribution in [0.5, 0.6) is 11.5 Å². The Labute approximate surface area is 164 Å². The first-order valence-electron chi connectivity index (χ1n) is 8.34. The number of aromatic nitrogens is 1. The molecule has 142 valence electrons. The zero-order valence-electron chi connectivity index (χ0n) is 15.2. The highest BCUT2D eigenvalue weighted by Gasteiger charge is 2.14. The van der Waals surface area contributed by atoms with Gasteiger partial charge >= 0.3 is 0 Å². The molecule has 8 heteroatoms. The van der Waals surface area contributed by atoms with Crippen LogP contribution in [0.3, 0.4) is 0 Å². The van der Waals surface area contributed by atoms with Gasteiger partial charge in [-0.3, -0.25) is 10.1 Å². The number of amides is 1. The van der Waals surface area contributed by atoms with Gasteiger partial charge in [-0.25, -0.2) is 9.37 Å². The summed E-state index contributed by atoms with van der Waals surface area (Å²) in [6.07, 6.45) is 1.43. The van der Waals surface area contributed by atoms with Gasteiger partial charge in [0.05, 0.1) is 18.4 Å². The Hall–Kier alpha value is -3.44. The van der Waals surface area contributed by atoms with Crippen LogP contribution in [0.2, 0.25) is 0 Å². The van der Waals surface area contributed by atoms with E-state index >= 15 is 0 Å². The predicted molar refractivity (Wildman–Crippen MR) is 106 cm³/mol. The molecular formula is C20H16FN3O3S. The summed E-state index contributed by atoms with van der Waals surface area (Å²) in [5.74, 6) is -0.0295. The zero-order chi connectivity index (χ0) is 20.1. The second-order valence-electron chi connectivity index (χ2n) is 5.57. The number of ether oxygens (including phenoxy) is 2. The van der Waals surface area contributed by atoms with E-state index in [1.54, 1.807) is 30.3 Å². The summed E-state index contributed by atoms with van der Waals surface area (Å²) in [5.41, 5.74) is 0.662. The van der Waals surface area contributed by atoms with Crippen LogP contribution >= 0.6 is 11.3 Å². The number of para-hydroxylation sites is 1. The molecule has 3 aromatic rings. The number of nitrogens with zero attached hydrogens (tertiary/aromatic N) is 2. The average molecular weight is 397 g/mol. The van der Waals surface area contributed by atoms with Gasteiger partial charge in [-0.1, -0.05) is 23.5 Å². The van der Waals surface area contributed by atoms with Gasteiger partial charge in [0, 0.05) is 0 Å². The minimum absolute atomic E-state index is 0.119. The number of thiazole rings is 1. The number of fused-ring (bicyclic) bond motifs is 1. The number of halogens is 1. The van der Waals surface area contributed by atoms with E-state index in [1.165, 1.54) is 19.3 Å². The Morgan fingerprint density at radius 1 is 1.36 bits per heavy atom. The minimum Gasteiger partial charge on any atom is -0.493 e. The van der Waals surface area contributed by atoms with E-state index in [-0.39, 0.29) is 16.2 Å². The summed E-state index contributed by atoms with van der Waals surface area (Å²) in [6.45, 7) is 2.35. The average Bonchev–Trinajstić information content (AvgIpc) is 3.11. The third-order valence-corrected chi connectivity index (χ3v) is 4.69. The van der Waals surface area contributed by atoms with Gasteiger partial charge in [-0.15, -0.1) is 0 Å². The number of methoxy groups -OCH3 is 1. The van der Waals surface area contributed by atoms with Gasteiger partial charge in [0.25, 0.3) is 5.91 Å². The van der Waals surface area contributed by atoms with Crippen LogP contribution in [0.4, 0.5) is 9.52 Å². The first-order chi connectivity index (χ1) is 13.5. The number of carbonyl (C=O) groups excluding carboxylic acids is 1. The molecule has 0 saturated heterocycles. The largest absolute Gasteiger partial charge is 0.493 e. The molecule has 1 heterocycles. The van der Waals surface area contributed by atoms with Crippen molar-refractivity contribution < 1.29 is 18.7 Å². The summed E-state index contributed by atoms with van der Waals surface area (Å²) in [6, 6.07) is 11.5. The van der Waals surface area contributed by atoms with E-state index < -0.39 is 11.7 Å². The highest BCUT2D eigenvalue weighted by atomic mass is 32.1. The molecule has 28 heavy (non-hydrogen) atoms. The molecule has 6 nitrogen and oxygen atoms in total. The fourth-order valence-electron chi connectivity index (χ4n) is 2.50. The molecule has 0 fully saturated rings. The summed E-state index contributed by atoms with van der Waals surface area (Å²) in [4.78, 5) is 16.5. The van der Waals surface area contributed by atoms with E-state index in [2.05, 4.69) is 10.3 Å². The second kappa shape index (κ2) is 8.50. The molecule has 0 atom stereocenters. The lowest BCUT2D eigenvalue weighted by Crippen LogP contribution is -2.13. The minimum atomic E-state index is -0.630. The van der Waals surface area contributed by atoms with Crippen molar-refractivity contribution in [2.75, 3.05) is 19.0 Å².